The maximum absolute atomic E-state index is 11.3. The van der Waals surface area contributed by atoms with Gasteiger partial charge in [-0.15, -0.1) is 0 Å². The SMILES string of the molecule is CC(Cc1ccc(Cc2sc(=O)[nH]c2O)cc1)NCC(O)c1cc(Cl)c(N)c(Cl)c1. The molecule has 2 atom stereocenters. The van der Waals surface area contributed by atoms with Gasteiger partial charge in [0.25, 0.3) is 0 Å². The summed E-state index contributed by atoms with van der Waals surface area (Å²) < 4.78 is 0. The van der Waals surface area contributed by atoms with Crippen LogP contribution >= 0.6 is 34.5 Å². The molecule has 0 saturated carbocycles. The molecule has 160 valence electrons. The lowest BCUT2D eigenvalue weighted by molar-refractivity contribution is 0.170. The fraction of sp³-hybridized carbons (Fsp3) is 0.286. The molecule has 9 heteroatoms. The molecule has 6 N–H and O–H groups in total. The number of aromatic amines is 1. The van der Waals surface area contributed by atoms with Crippen LogP contribution in [0.2, 0.25) is 10.0 Å². The number of nitrogens with two attached hydrogens (primary N) is 1. The Morgan fingerprint density at radius 3 is 2.33 bits per heavy atom. The predicted octanol–water partition coefficient (Wildman–Crippen LogP) is 3.88. The lowest BCUT2D eigenvalue weighted by Crippen LogP contribution is -2.32. The standard InChI is InChI=1S/C21H23Cl2N3O3S/c1-11(25-10-17(27)14-8-15(22)19(24)16(23)9-14)6-12-2-4-13(5-3-12)7-18-20(28)26-21(29)30-18/h2-5,8-9,11,17,25,27-28H,6-7,10,24H2,1H3,(H,26,29). The van der Waals surface area contributed by atoms with Gasteiger partial charge in [-0.3, -0.25) is 9.78 Å². The largest absolute Gasteiger partial charge is 0.494 e. The number of rotatable bonds is 8. The van der Waals surface area contributed by atoms with E-state index in [-0.39, 0.29) is 16.8 Å². The maximum atomic E-state index is 11.3. The Morgan fingerprint density at radius 1 is 1.17 bits per heavy atom. The van der Waals surface area contributed by atoms with E-state index in [1.165, 1.54) is 0 Å². The predicted molar refractivity (Wildman–Crippen MR) is 123 cm³/mol. The Bertz CT molecular complexity index is 1040. The van der Waals surface area contributed by atoms with Gasteiger partial charge in [-0.25, -0.2) is 0 Å². The number of nitrogen functional groups attached to an aromatic ring is 1. The third-order valence-corrected chi connectivity index (χ3v) is 6.27. The molecule has 2 aromatic carbocycles. The van der Waals surface area contributed by atoms with Crippen LogP contribution in [0.1, 0.15) is 34.6 Å². The Labute approximate surface area is 188 Å². The van der Waals surface area contributed by atoms with E-state index in [4.69, 9.17) is 28.9 Å². The van der Waals surface area contributed by atoms with Gasteiger partial charge < -0.3 is 21.3 Å². The van der Waals surface area contributed by atoms with Gasteiger partial charge in [0.2, 0.25) is 5.88 Å². The Morgan fingerprint density at radius 2 is 1.77 bits per heavy atom. The molecule has 0 fully saturated rings. The number of hydrogen-bond acceptors (Lipinski definition) is 6. The normalized spacial score (nSPS) is 13.3. The maximum Gasteiger partial charge on any atom is 0.307 e. The van der Waals surface area contributed by atoms with Gasteiger partial charge >= 0.3 is 4.87 Å². The molecule has 0 amide bonds. The van der Waals surface area contributed by atoms with Crippen LogP contribution < -0.4 is 15.9 Å². The van der Waals surface area contributed by atoms with Crippen LogP contribution in [0.25, 0.3) is 0 Å². The highest BCUT2D eigenvalue weighted by Gasteiger charge is 2.14. The number of aromatic hydroxyl groups is 1. The third-order valence-electron chi connectivity index (χ3n) is 4.78. The second kappa shape index (κ2) is 9.85. The number of anilines is 1. The molecule has 0 aliphatic heterocycles. The second-order valence-electron chi connectivity index (χ2n) is 7.21. The highest BCUT2D eigenvalue weighted by Crippen LogP contribution is 2.31. The Balaban J connectivity index is 1.52. The van der Waals surface area contributed by atoms with Gasteiger partial charge in [0, 0.05) is 19.0 Å². The van der Waals surface area contributed by atoms with Crippen molar-refractivity contribution in [3.05, 3.63) is 77.7 Å². The van der Waals surface area contributed by atoms with E-state index in [0.29, 0.717) is 39.1 Å². The molecular weight excluding hydrogens is 445 g/mol. The number of aromatic nitrogens is 1. The van der Waals surface area contributed by atoms with E-state index in [2.05, 4.69) is 10.3 Å². The second-order valence-corrected chi connectivity index (χ2v) is 9.09. The van der Waals surface area contributed by atoms with E-state index < -0.39 is 6.10 Å². The molecule has 2 unspecified atom stereocenters. The zero-order valence-corrected chi connectivity index (χ0v) is 18.6. The summed E-state index contributed by atoms with van der Waals surface area (Å²) in [6, 6.07) is 11.4. The molecule has 1 heterocycles. The van der Waals surface area contributed by atoms with Crippen molar-refractivity contribution in [3.8, 4) is 5.88 Å². The molecule has 30 heavy (non-hydrogen) atoms. The molecule has 0 bridgehead atoms. The first-order valence-electron chi connectivity index (χ1n) is 9.37. The number of aliphatic hydroxyl groups is 1. The third kappa shape index (κ3) is 5.77. The van der Waals surface area contributed by atoms with Crippen LogP contribution in [-0.2, 0) is 12.8 Å². The molecule has 3 rings (SSSR count). The Hall–Kier alpha value is -2.03. The number of hydrogen-bond donors (Lipinski definition) is 5. The number of benzene rings is 2. The van der Waals surface area contributed by atoms with Crippen molar-refractivity contribution in [2.45, 2.75) is 31.9 Å². The number of nitrogens with one attached hydrogen (secondary N) is 2. The molecule has 6 nitrogen and oxygen atoms in total. The van der Waals surface area contributed by atoms with Crippen molar-refractivity contribution in [2.24, 2.45) is 0 Å². The minimum Gasteiger partial charge on any atom is -0.494 e. The summed E-state index contributed by atoms with van der Waals surface area (Å²) in [6.07, 6.45) is 0.521. The van der Waals surface area contributed by atoms with Gasteiger partial charge in [0.15, 0.2) is 0 Å². The number of aliphatic hydroxyl groups excluding tert-OH is 1. The highest BCUT2D eigenvalue weighted by atomic mass is 35.5. The van der Waals surface area contributed by atoms with Crippen LogP contribution in [0.15, 0.2) is 41.2 Å². The fourth-order valence-electron chi connectivity index (χ4n) is 3.10. The lowest BCUT2D eigenvalue weighted by Gasteiger charge is -2.18. The summed E-state index contributed by atoms with van der Waals surface area (Å²) in [5.41, 5.74) is 8.80. The summed E-state index contributed by atoms with van der Waals surface area (Å²) in [7, 11) is 0. The zero-order chi connectivity index (χ0) is 21.8. The summed E-state index contributed by atoms with van der Waals surface area (Å²) in [5, 5.41) is 24.1. The van der Waals surface area contributed by atoms with E-state index in [0.717, 1.165) is 28.9 Å². The van der Waals surface area contributed by atoms with Crippen LogP contribution in [0.5, 0.6) is 5.88 Å². The van der Waals surface area contributed by atoms with E-state index in [1.807, 2.05) is 31.2 Å². The van der Waals surface area contributed by atoms with Gasteiger partial charge in [-0.2, -0.15) is 0 Å². The number of H-pyrrole nitrogens is 1. The molecule has 0 spiro atoms. The van der Waals surface area contributed by atoms with Crippen molar-refractivity contribution in [2.75, 3.05) is 12.3 Å². The number of thiazole rings is 1. The molecule has 1 aromatic heterocycles. The summed E-state index contributed by atoms with van der Waals surface area (Å²) in [4.78, 5) is 14.0. The molecule has 0 radical (unpaired) electrons. The van der Waals surface area contributed by atoms with Crippen molar-refractivity contribution in [1.29, 1.82) is 0 Å². The van der Waals surface area contributed by atoms with Gasteiger partial charge in [0.05, 0.1) is 26.7 Å². The Kier molecular flexibility index (Phi) is 7.44. The van der Waals surface area contributed by atoms with E-state index >= 15 is 0 Å². The topological polar surface area (TPSA) is 111 Å². The first-order valence-corrected chi connectivity index (χ1v) is 10.9. The minimum absolute atomic E-state index is 0.0610. The van der Waals surface area contributed by atoms with Crippen molar-refractivity contribution < 1.29 is 10.2 Å². The van der Waals surface area contributed by atoms with Crippen LogP contribution in [-0.4, -0.2) is 27.8 Å². The zero-order valence-electron chi connectivity index (χ0n) is 16.3. The molecule has 0 aliphatic rings. The summed E-state index contributed by atoms with van der Waals surface area (Å²) in [6.45, 7) is 2.39. The molecule has 0 aliphatic carbocycles. The fourth-order valence-corrected chi connectivity index (χ4v) is 4.37. The van der Waals surface area contributed by atoms with Gasteiger partial charge in [-0.05, 0) is 42.2 Å². The number of halogens is 2. The molecule has 3 aromatic rings. The van der Waals surface area contributed by atoms with Crippen molar-refractivity contribution in [3.63, 3.8) is 0 Å². The monoisotopic (exact) mass is 467 g/mol. The lowest BCUT2D eigenvalue weighted by atomic mass is 10.0. The highest BCUT2D eigenvalue weighted by molar-refractivity contribution is 7.09. The van der Waals surface area contributed by atoms with Gasteiger partial charge in [0.1, 0.15) is 0 Å². The van der Waals surface area contributed by atoms with E-state index in [9.17, 15) is 15.0 Å². The van der Waals surface area contributed by atoms with Crippen LogP contribution in [0.3, 0.4) is 0 Å². The smallest absolute Gasteiger partial charge is 0.307 e. The average Bonchev–Trinajstić information content (AvgIpc) is 3.02. The van der Waals surface area contributed by atoms with Crippen LogP contribution in [0, 0.1) is 0 Å². The van der Waals surface area contributed by atoms with E-state index in [1.54, 1.807) is 12.1 Å². The average molecular weight is 468 g/mol. The molecule has 0 saturated heterocycles. The first-order chi connectivity index (χ1) is 14.2. The van der Waals surface area contributed by atoms with Crippen LogP contribution in [0.4, 0.5) is 5.69 Å². The van der Waals surface area contributed by atoms with Crippen molar-refractivity contribution in [1.82, 2.24) is 10.3 Å². The summed E-state index contributed by atoms with van der Waals surface area (Å²) in [5.74, 6) is -0.0610. The van der Waals surface area contributed by atoms with Gasteiger partial charge in [-0.1, -0.05) is 58.8 Å². The summed E-state index contributed by atoms with van der Waals surface area (Å²) >= 11 is 13.1. The van der Waals surface area contributed by atoms with Crippen molar-refractivity contribution >= 4 is 40.2 Å². The minimum atomic E-state index is -0.758. The quantitative estimate of drug-likeness (QED) is 0.322. The first kappa shape index (κ1) is 22.7. The molecular formula is C21H23Cl2N3O3S.